The molecule has 6 heteroatoms. The lowest BCUT2D eigenvalue weighted by Crippen LogP contribution is -2.57. The highest BCUT2D eigenvalue weighted by atomic mass is 16.4. The van der Waals surface area contributed by atoms with Crippen LogP contribution in [0.3, 0.4) is 0 Å². The molecule has 2 N–H and O–H groups in total. The summed E-state index contributed by atoms with van der Waals surface area (Å²) in [6, 6.07) is 8.25. The number of carbonyl (C=O) groups is 2. The molecule has 0 spiro atoms. The third kappa shape index (κ3) is 4.75. The molecule has 1 fully saturated rings. The van der Waals surface area contributed by atoms with Crippen LogP contribution in [-0.2, 0) is 9.59 Å². The topological polar surface area (TPSA) is 81.1 Å². The monoisotopic (exact) mass is 362 g/mol. The van der Waals surface area contributed by atoms with Crippen LogP contribution in [0, 0.1) is 18.8 Å². The molecule has 1 aromatic carbocycles. The number of carboxylic acids is 1. The Morgan fingerprint density at radius 1 is 1.19 bits per heavy atom. The zero-order valence-electron chi connectivity index (χ0n) is 16.1. The van der Waals surface area contributed by atoms with E-state index in [1.54, 1.807) is 4.90 Å². The number of amides is 1. The van der Waals surface area contributed by atoms with Crippen molar-refractivity contribution in [2.45, 2.75) is 46.3 Å². The van der Waals surface area contributed by atoms with Crippen molar-refractivity contribution in [3.05, 3.63) is 29.8 Å². The van der Waals surface area contributed by atoms with Gasteiger partial charge in [-0.25, -0.2) is 4.79 Å². The molecule has 0 saturated carbocycles. The maximum atomic E-state index is 13.0. The summed E-state index contributed by atoms with van der Waals surface area (Å²) >= 11 is 0. The van der Waals surface area contributed by atoms with Gasteiger partial charge in [0.1, 0.15) is 0 Å². The number of hydrogen-bond donors (Lipinski definition) is 2. The standard InChI is InChI=1S/C20H30N2O4/c1-13(2)11-17(18(23)20(25)26)19(24)22-10-9-21(12-15(22)4)16-7-5-14(3)6-8-16/h5-8,13,15,17-18,23H,9-12H2,1-4H3,(H,25,26)/t15-,17?,18?/m1/s1. The van der Waals surface area contributed by atoms with Gasteiger partial charge in [0.25, 0.3) is 0 Å². The predicted molar refractivity (Wildman–Crippen MR) is 101 cm³/mol. The van der Waals surface area contributed by atoms with Crippen molar-refractivity contribution >= 4 is 17.6 Å². The molecule has 1 saturated heterocycles. The summed E-state index contributed by atoms with van der Waals surface area (Å²) in [6.07, 6.45) is -1.30. The molecule has 1 heterocycles. The Hall–Kier alpha value is -2.08. The van der Waals surface area contributed by atoms with Crippen molar-refractivity contribution in [3.63, 3.8) is 0 Å². The van der Waals surface area contributed by atoms with E-state index in [0.717, 1.165) is 5.69 Å². The molecule has 26 heavy (non-hydrogen) atoms. The number of hydrogen-bond acceptors (Lipinski definition) is 4. The minimum atomic E-state index is -1.66. The van der Waals surface area contributed by atoms with Crippen LogP contribution in [0.2, 0.25) is 0 Å². The predicted octanol–water partition coefficient (Wildman–Crippen LogP) is 2.14. The van der Waals surface area contributed by atoms with E-state index in [4.69, 9.17) is 5.11 Å². The number of aliphatic hydroxyl groups excluding tert-OH is 1. The van der Waals surface area contributed by atoms with Crippen molar-refractivity contribution in [1.29, 1.82) is 0 Å². The molecule has 1 aromatic rings. The number of aryl methyl sites for hydroxylation is 1. The van der Waals surface area contributed by atoms with Gasteiger partial charge in [0.15, 0.2) is 6.10 Å². The zero-order chi connectivity index (χ0) is 19.4. The number of carboxylic acid groups (broad SMARTS) is 1. The molecular weight excluding hydrogens is 332 g/mol. The van der Waals surface area contributed by atoms with Crippen LogP contribution in [0.25, 0.3) is 0 Å². The molecule has 0 aliphatic carbocycles. The first-order valence-corrected chi connectivity index (χ1v) is 9.23. The van der Waals surface area contributed by atoms with E-state index in [0.29, 0.717) is 26.1 Å². The Morgan fingerprint density at radius 3 is 2.31 bits per heavy atom. The van der Waals surface area contributed by atoms with E-state index < -0.39 is 18.0 Å². The Morgan fingerprint density at radius 2 is 1.81 bits per heavy atom. The first kappa shape index (κ1) is 20.2. The molecule has 1 aliphatic heterocycles. The number of aliphatic carboxylic acids is 1. The fourth-order valence-electron chi connectivity index (χ4n) is 3.53. The highest BCUT2D eigenvalue weighted by molar-refractivity contribution is 5.86. The van der Waals surface area contributed by atoms with Crippen LogP contribution in [0.15, 0.2) is 24.3 Å². The number of rotatable bonds is 6. The molecule has 1 amide bonds. The quantitative estimate of drug-likeness (QED) is 0.810. The second-order valence-corrected chi connectivity index (χ2v) is 7.68. The largest absolute Gasteiger partial charge is 0.479 e. The number of anilines is 1. The fourth-order valence-corrected chi connectivity index (χ4v) is 3.53. The number of aliphatic hydroxyl groups is 1. The molecule has 3 atom stereocenters. The molecule has 6 nitrogen and oxygen atoms in total. The summed E-state index contributed by atoms with van der Waals surface area (Å²) in [5.74, 6) is -2.37. The molecule has 1 aliphatic rings. The summed E-state index contributed by atoms with van der Waals surface area (Å²) in [5.41, 5.74) is 2.33. The van der Waals surface area contributed by atoms with Crippen LogP contribution in [0.5, 0.6) is 0 Å². The van der Waals surface area contributed by atoms with Crippen molar-refractivity contribution in [1.82, 2.24) is 4.90 Å². The second-order valence-electron chi connectivity index (χ2n) is 7.68. The van der Waals surface area contributed by atoms with Gasteiger partial charge in [-0.2, -0.15) is 0 Å². The number of benzene rings is 1. The van der Waals surface area contributed by atoms with Crippen LogP contribution >= 0.6 is 0 Å². The summed E-state index contributed by atoms with van der Waals surface area (Å²) in [7, 11) is 0. The minimum Gasteiger partial charge on any atom is -0.479 e. The Balaban J connectivity index is 2.09. The van der Waals surface area contributed by atoms with Crippen molar-refractivity contribution < 1.29 is 19.8 Å². The highest BCUT2D eigenvalue weighted by Crippen LogP contribution is 2.24. The van der Waals surface area contributed by atoms with Crippen molar-refractivity contribution in [2.24, 2.45) is 11.8 Å². The molecule has 2 rings (SSSR count). The van der Waals surface area contributed by atoms with Crippen molar-refractivity contribution in [2.75, 3.05) is 24.5 Å². The van der Waals surface area contributed by atoms with Gasteiger partial charge in [-0.05, 0) is 38.3 Å². The highest BCUT2D eigenvalue weighted by Gasteiger charge is 2.38. The van der Waals surface area contributed by atoms with Gasteiger partial charge in [0.2, 0.25) is 5.91 Å². The van der Waals surface area contributed by atoms with Gasteiger partial charge >= 0.3 is 5.97 Å². The van der Waals surface area contributed by atoms with Crippen molar-refractivity contribution in [3.8, 4) is 0 Å². The SMILES string of the molecule is Cc1ccc(N2CCN(C(=O)C(CC(C)C)C(O)C(=O)O)[C@H](C)C2)cc1. The summed E-state index contributed by atoms with van der Waals surface area (Å²) in [6.45, 7) is 9.77. The third-order valence-electron chi connectivity index (χ3n) is 4.99. The average molecular weight is 362 g/mol. The second kappa shape index (κ2) is 8.54. The van der Waals surface area contributed by atoms with Gasteiger partial charge in [-0.15, -0.1) is 0 Å². The summed E-state index contributed by atoms with van der Waals surface area (Å²) in [5, 5.41) is 19.2. The van der Waals surface area contributed by atoms with E-state index >= 15 is 0 Å². The molecular formula is C20H30N2O4. The molecule has 0 aromatic heterocycles. The van der Waals surface area contributed by atoms with Gasteiger partial charge < -0.3 is 20.0 Å². The minimum absolute atomic E-state index is 0.0480. The van der Waals surface area contributed by atoms with E-state index in [9.17, 15) is 14.7 Å². The van der Waals surface area contributed by atoms with E-state index in [1.165, 1.54) is 5.56 Å². The Bertz CT molecular complexity index is 629. The van der Waals surface area contributed by atoms with Gasteiger partial charge in [-0.1, -0.05) is 31.5 Å². The Labute approximate surface area is 155 Å². The van der Waals surface area contributed by atoms with E-state index in [-0.39, 0.29) is 17.9 Å². The Kier molecular flexibility index (Phi) is 6.64. The van der Waals surface area contributed by atoms with Gasteiger partial charge in [0.05, 0.1) is 5.92 Å². The average Bonchev–Trinajstić information content (AvgIpc) is 2.58. The summed E-state index contributed by atoms with van der Waals surface area (Å²) < 4.78 is 0. The number of piperazine rings is 1. The number of carbonyl (C=O) groups excluding carboxylic acids is 1. The molecule has 0 radical (unpaired) electrons. The van der Waals surface area contributed by atoms with E-state index in [1.807, 2.05) is 27.7 Å². The summed E-state index contributed by atoms with van der Waals surface area (Å²) in [4.78, 5) is 28.1. The fraction of sp³-hybridized carbons (Fsp3) is 0.600. The first-order valence-electron chi connectivity index (χ1n) is 9.23. The smallest absolute Gasteiger partial charge is 0.333 e. The molecule has 144 valence electrons. The van der Waals surface area contributed by atoms with Crippen LogP contribution in [0.1, 0.15) is 32.8 Å². The van der Waals surface area contributed by atoms with E-state index in [2.05, 4.69) is 29.2 Å². The van der Waals surface area contributed by atoms with Gasteiger partial charge in [0, 0.05) is 31.4 Å². The lowest BCUT2D eigenvalue weighted by atomic mass is 9.90. The van der Waals surface area contributed by atoms with Crippen LogP contribution in [0.4, 0.5) is 5.69 Å². The normalized spacial score (nSPS) is 20.2. The lowest BCUT2D eigenvalue weighted by Gasteiger charge is -2.42. The third-order valence-corrected chi connectivity index (χ3v) is 4.99. The maximum absolute atomic E-state index is 13.0. The lowest BCUT2D eigenvalue weighted by molar-refractivity contribution is -0.158. The number of nitrogens with zero attached hydrogens (tertiary/aromatic N) is 2. The first-order chi connectivity index (χ1) is 12.2. The maximum Gasteiger partial charge on any atom is 0.333 e. The molecule has 2 unspecified atom stereocenters. The van der Waals surface area contributed by atoms with Crippen LogP contribution in [-0.4, -0.2) is 58.8 Å². The van der Waals surface area contributed by atoms with Crippen LogP contribution < -0.4 is 4.90 Å². The molecule has 0 bridgehead atoms. The van der Waals surface area contributed by atoms with Gasteiger partial charge in [-0.3, -0.25) is 4.79 Å². The zero-order valence-corrected chi connectivity index (χ0v) is 16.1.